The van der Waals surface area contributed by atoms with Crippen LogP contribution in [-0.4, -0.2) is 23.3 Å². The van der Waals surface area contributed by atoms with Crippen LogP contribution < -0.4 is 0 Å². The van der Waals surface area contributed by atoms with Gasteiger partial charge in [-0.25, -0.2) is 4.39 Å². The van der Waals surface area contributed by atoms with E-state index in [1.54, 1.807) is 12.1 Å². The van der Waals surface area contributed by atoms with E-state index in [0.29, 0.717) is 19.4 Å². The molecule has 0 bridgehead atoms. The first-order chi connectivity index (χ1) is 9.39. The Morgan fingerprint density at radius 3 is 2.60 bits per heavy atom. The number of ether oxygens (including phenoxy) is 1. The predicted molar refractivity (Wildman–Crippen MR) is 74.2 cm³/mol. The van der Waals surface area contributed by atoms with Crippen LogP contribution in [0.1, 0.15) is 45.1 Å². The maximum atomic E-state index is 13.1. The summed E-state index contributed by atoms with van der Waals surface area (Å²) in [5.74, 6) is -1.13. The summed E-state index contributed by atoms with van der Waals surface area (Å²) >= 11 is 0. The van der Waals surface area contributed by atoms with Gasteiger partial charge in [-0.2, -0.15) is 0 Å². The van der Waals surface area contributed by atoms with E-state index in [4.69, 9.17) is 4.74 Å². The van der Waals surface area contributed by atoms with E-state index in [1.165, 1.54) is 12.1 Å². The fourth-order valence-corrected chi connectivity index (χ4v) is 3.17. The van der Waals surface area contributed by atoms with Gasteiger partial charge in [0.15, 0.2) is 0 Å². The van der Waals surface area contributed by atoms with Crippen LogP contribution in [0.3, 0.4) is 0 Å². The van der Waals surface area contributed by atoms with Gasteiger partial charge in [0.05, 0.1) is 12.0 Å². The van der Waals surface area contributed by atoms with Gasteiger partial charge >= 0.3 is 5.97 Å². The molecule has 0 unspecified atom stereocenters. The Morgan fingerprint density at radius 1 is 1.40 bits per heavy atom. The molecule has 0 aliphatic carbocycles. The Hall–Kier alpha value is -1.42. The Kier molecular flexibility index (Phi) is 4.14. The molecule has 0 radical (unpaired) electrons. The molecule has 1 N–H and O–H groups in total. The molecule has 20 heavy (non-hydrogen) atoms. The fraction of sp³-hybridized carbons (Fsp3) is 0.562. The number of benzene rings is 1. The number of hydrogen-bond acceptors (Lipinski definition) is 2. The maximum Gasteiger partial charge on any atom is 0.304 e. The van der Waals surface area contributed by atoms with Crippen LogP contribution >= 0.6 is 0 Å². The molecule has 110 valence electrons. The van der Waals surface area contributed by atoms with Crippen LogP contribution in [0.5, 0.6) is 0 Å². The molecular formula is C16H21FO3. The van der Waals surface area contributed by atoms with E-state index in [-0.39, 0.29) is 17.8 Å². The molecule has 1 saturated heterocycles. The molecule has 1 heterocycles. The van der Waals surface area contributed by atoms with E-state index < -0.39 is 11.4 Å². The molecule has 3 nitrogen and oxygen atoms in total. The Morgan fingerprint density at radius 2 is 2.05 bits per heavy atom. The zero-order valence-corrected chi connectivity index (χ0v) is 12.0. The van der Waals surface area contributed by atoms with Crippen molar-refractivity contribution in [3.05, 3.63) is 35.6 Å². The smallest absolute Gasteiger partial charge is 0.304 e. The van der Waals surface area contributed by atoms with Crippen molar-refractivity contribution in [2.75, 3.05) is 6.61 Å². The van der Waals surface area contributed by atoms with Crippen molar-refractivity contribution in [3.8, 4) is 0 Å². The highest BCUT2D eigenvalue weighted by molar-refractivity contribution is 5.69. The Bertz CT molecular complexity index is 485. The molecule has 1 fully saturated rings. The predicted octanol–water partition coefficient (Wildman–Crippen LogP) is 3.52. The molecule has 1 aromatic rings. The standard InChI is InChI=1S/C16H21FO3/c1-3-15(2)11-16(8-9-20-15,10-14(18)19)12-4-6-13(17)7-5-12/h4-7H,3,8-11H2,1-2H3,(H,18,19)/t15-,16+/m0/s1. The minimum atomic E-state index is -0.824. The number of hydrogen-bond donors (Lipinski definition) is 1. The summed E-state index contributed by atoms with van der Waals surface area (Å²) in [7, 11) is 0. The fourth-order valence-electron chi connectivity index (χ4n) is 3.17. The molecule has 0 aromatic heterocycles. The van der Waals surface area contributed by atoms with Crippen molar-refractivity contribution in [3.63, 3.8) is 0 Å². The van der Waals surface area contributed by atoms with Gasteiger partial charge in [0.2, 0.25) is 0 Å². The van der Waals surface area contributed by atoms with E-state index in [1.807, 2.05) is 13.8 Å². The lowest BCUT2D eigenvalue weighted by Crippen LogP contribution is -2.46. The van der Waals surface area contributed by atoms with Crippen LogP contribution in [-0.2, 0) is 14.9 Å². The lowest BCUT2D eigenvalue weighted by Gasteiger charge is -2.46. The first kappa shape index (κ1) is 15.0. The quantitative estimate of drug-likeness (QED) is 0.918. The zero-order chi connectivity index (χ0) is 14.8. The van der Waals surface area contributed by atoms with Gasteiger partial charge < -0.3 is 9.84 Å². The summed E-state index contributed by atoms with van der Waals surface area (Å²) in [5.41, 5.74) is 0.106. The highest BCUT2D eigenvalue weighted by atomic mass is 19.1. The van der Waals surface area contributed by atoms with Crippen molar-refractivity contribution in [2.45, 2.75) is 50.5 Å². The minimum Gasteiger partial charge on any atom is -0.481 e. The van der Waals surface area contributed by atoms with Crippen molar-refractivity contribution in [2.24, 2.45) is 0 Å². The Labute approximate surface area is 118 Å². The van der Waals surface area contributed by atoms with Gasteiger partial charge in [-0.15, -0.1) is 0 Å². The summed E-state index contributed by atoms with van der Waals surface area (Å²) in [6.45, 7) is 4.60. The lowest BCUT2D eigenvalue weighted by molar-refractivity contribution is -0.143. The van der Waals surface area contributed by atoms with Gasteiger partial charge in [-0.3, -0.25) is 4.79 Å². The summed E-state index contributed by atoms with van der Waals surface area (Å²) in [4.78, 5) is 11.3. The highest BCUT2D eigenvalue weighted by Gasteiger charge is 2.44. The summed E-state index contributed by atoms with van der Waals surface area (Å²) in [6, 6.07) is 6.22. The van der Waals surface area contributed by atoms with Crippen LogP contribution in [0, 0.1) is 5.82 Å². The van der Waals surface area contributed by atoms with Crippen LogP contribution in [0.25, 0.3) is 0 Å². The van der Waals surface area contributed by atoms with Crippen molar-refractivity contribution >= 4 is 5.97 Å². The van der Waals surface area contributed by atoms with Gasteiger partial charge in [0.25, 0.3) is 0 Å². The summed E-state index contributed by atoms with van der Waals surface area (Å²) < 4.78 is 18.9. The molecule has 2 rings (SSSR count). The van der Waals surface area contributed by atoms with Crippen LogP contribution in [0.15, 0.2) is 24.3 Å². The van der Waals surface area contributed by atoms with E-state index in [2.05, 4.69) is 0 Å². The lowest BCUT2D eigenvalue weighted by atomic mass is 9.66. The van der Waals surface area contributed by atoms with E-state index >= 15 is 0 Å². The topological polar surface area (TPSA) is 46.5 Å². The number of carboxylic acid groups (broad SMARTS) is 1. The van der Waals surface area contributed by atoms with Crippen LogP contribution in [0.2, 0.25) is 0 Å². The average molecular weight is 280 g/mol. The molecule has 0 spiro atoms. The largest absolute Gasteiger partial charge is 0.481 e. The van der Waals surface area contributed by atoms with E-state index in [9.17, 15) is 14.3 Å². The molecule has 4 heteroatoms. The second-order valence-corrected chi connectivity index (χ2v) is 5.94. The minimum absolute atomic E-state index is 0.0532. The maximum absolute atomic E-state index is 13.1. The number of rotatable bonds is 4. The molecule has 0 amide bonds. The molecule has 0 saturated carbocycles. The first-order valence-corrected chi connectivity index (χ1v) is 7.01. The molecule has 1 aliphatic rings. The third kappa shape index (κ3) is 3.01. The zero-order valence-electron chi connectivity index (χ0n) is 12.0. The number of carbonyl (C=O) groups is 1. The normalized spacial score (nSPS) is 30.1. The summed E-state index contributed by atoms with van der Waals surface area (Å²) in [5, 5.41) is 9.27. The second kappa shape index (κ2) is 5.52. The van der Waals surface area contributed by atoms with Crippen molar-refractivity contribution in [1.29, 1.82) is 0 Å². The SMILES string of the molecule is CC[C@@]1(C)C[C@@](CC(=O)O)(c2ccc(F)cc2)CCO1. The van der Waals surface area contributed by atoms with Crippen molar-refractivity contribution in [1.82, 2.24) is 0 Å². The van der Waals surface area contributed by atoms with Gasteiger partial charge in [-0.05, 0) is 43.9 Å². The Balaban J connectivity index is 2.39. The van der Waals surface area contributed by atoms with Crippen molar-refractivity contribution < 1.29 is 19.0 Å². The molecule has 1 aliphatic heterocycles. The number of aliphatic carboxylic acids is 1. The monoisotopic (exact) mass is 280 g/mol. The number of halogens is 1. The van der Waals surface area contributed by atoms with Gasteiger partial charge in [-0.1, -0.05) is 19.1 Å². The number of carboxylic acids is 1. The molecular weight excluding hydrogens is 259 g/mol. The first-order valence-electron chi connectivity index (χ1n) is 7.01. The highest BCUT2D eigenvalue weighted by Crippen LogP contribution is 2.45. The van der Waals surface area contributed by atoms with Gasteiger partial charge in [0.1, 0.15) is 5.82 Å². The molecule has 2 atom stereocenters. The van der Waals surface area contributed by atoms with Gasteiger partial charge in [0, 0.05) is 12.0 Å². The third-order valence-electron chi connectivity index (χ3n) is 4.44. The average Bonchev–Trinajstić information content (AvgIpc) is 2.38. The third-order valence-corrected chi connectivity index (χ3v) is 4.44. The second-order valence-electron chi connectivity index (χ2n) is 5.94. The molecule has 1 aromatic carbocycles. The van der Waals surface area contributed by atoms with E-state index in [0.717, 1.165) is 12.0 Å². The summed E-state index contributed by atoms with van der Waals surface area (Å²) in [6.07, 6.45) is 2.18. The van der Waals surface area contributed by atoms with Crippen LogP contribution in [0.4, 0.5) is 4.39 Å².